The maximum absolute atomic E-state index is 13.1. The molecule has 0 saturated carbocycles. The Kier molecular flexibility index (Phi) is 10.7. The Morgan fingerprint density at radius 1 is 0.865 bits per heavy atom. The van der Waals surface area contributed by atoms with Gasteiger partial charge in [-0.1, -0.05) is 13.8 Å². The summed E-state index contributed by atoms with van der Waals surface area (Å²) < 4.78 is 0. The fourth-order valence-electron chi connectivity index (χ4n) is 3.48. The molecule has 0 aliphatic rings. The first-order valence-electron chi connectivity index (χ1n) is 11.6. The molecule has 0 radical (unpaired) electrons. The van der Waals surface area contributed by atoms with E-state index in [1.165, 1.54) is 25.0 Å². The first kappa shape index (κ1) is 29.0. The largest absolute Gasteiger partial charge is 0.480 e. The summed E-state index contributed by atoms with van der Waals surface area (Å²) in [4.78, 5) is 75.1. The van der Waals surface area contributed by atoms with Crippen LogP contribution in [0, 0.1) is 5.92 Å². The Morgan fingerprint density at radius 2 is 1.38 bits per heavy atom. The van der Waals surface area contributed by atoms with E-state index in [1.54, 1.807) is 0 Å². The minimum atomic E-state index is -1.47. The quantitative estimate of drug-likeness (QED) is 0.126. The number of nitrogens with one attached hydrogen (secondary N) is 5. The lowest BCUT2D eigenvalue weighted by Crippen LogP contribution is -2.58. The molecule has 2 aromatic heterocycles. The lowest BCUT2D eigenvalue weighted by Gasteiger charge is -2.25. The van der Waals surface area contributed by atoms with Gasteiger partial charge in [-0.3, -0.25) is 19.2 Å². The maximum atomic E-state index is 13.1. The van der Waals surface area contributed by atoms with E-state index in [4.69, 9.17) is 11.5 Å². The molecule has 0 aliphatic carbocycles. The van der Waals surface area contributed by atoms with E-state index in [2.05, 4.69) is 35.9 Å². The average Bonchev–Trinajstić information content (AvgIpc) is 3.51. The Labute approximate surface area is 212 Å². The molecule has 0 bridgehead atoms. The summed E-state index contributed by atoms with van der Waals surface area (Å²) in [5, 5.41) is 16.8. The number of aromatic amines is 2. The predicted octanol–water partition coefficient (Wildman–Crippen LogP) is -2.29. The number of carbonyl (C=O) groups is 5. The number of H-pyrrole nitrogens is 2. The van der Waals surface area contributed by atoms with Crippen LogP contribution in [-0.2, 0) is 36.8 Å². The fourth-order valence-corrected chi connectivity index (χ4v) is 3.48. The van der Waals surface area contributed by atoms with Crippen LogP contribution >= 0.6 is 0 Å². The lowest BCUT2D eigenvalue weighted by atomic mass is 10.0. The molecule has 2 heterocycles. The van der Waals surface area contributed by atoms with Crippen molar-refractivity contribution in [2.75, 3.05) is 0 Å². The van der Waals surface area contributed by atoms with Crippen LogP contribution in [0.5, 0.6) is 0 Å². The summed E-state index contributed by atoms with van der Waals surface area (Å²) >= 11 is 0. The van der Waals surface area contributed by atoms with Crippen molar-refractivity contribution < 1.29 is 29.1 Å². The number of hydrogen-bond acceptors (Lipinski definition) is 8. The fraction of sp³-hybridized carbons (Fsp3) is 0.500. The third kappa shape index (κ3) is 9.71. The molecule has 10 N–H and O–H groups in total. The van der Waals surface area contributed by atoms with Crippen molar-refractivity contribution in [2.24, 2.45) is 17.4 Å². The molecular formula is C22H33N9O6. The average molecular weight is 520 g/mol. The SMILES string of the molecule is CC(C)CC(NC(=O)C(N)Cc1cnc[nH]1)C(=O)NC(CC(N)=O)C(=O)NC(Cc1cnc[nH]1)C(=O)O. The molecule has 15 heteroatoms. The van der Waals surface area contributed by atoms with Crippen molar-refractivity contribution in [3.8, 4) is 0 Å². The van der Waals surface area contributed by atoms with Crippen LogP contribution in [0.3, 0.4) is 0 Å². The van der Waals surface area contributed by atoms with E-state index in [0.717, 1.165) is 0 Å². The molecule has 15 nitrogen and oxygen atoms in total. The number of aromatic nitrogens is 4. The van der Waals surface area contributed by atoms with Gasteiger partial charge in [-0.15, -0.1) is 0 Å². The van der Waals surface area contributed by atoms with Crippen LogP contribution in [-0.4, -0.2) is 78.8 Å². The standard InChI is InChI=1S/C22H33N9O6/c1-11(2)3-15(29-19(33)14(23)4-12-7-25-9-27-12)20(34)30-16(6-18(24)32)21(35)31-17(22(36)37)5-13-8-26-10-28-13/h7-11,14-17H,3-6,23H2,1-2H3,(H2,24,32)(H,25,27)(H,26,28)(H,29,33)(H,30,34)(H,31,35)(H,36,37). The lowest BCUT2D eigenvalue weighted by molar-refractivity contribution is -0.142. The maximum Gasteiger partial charge on any atom is 0.326 e. The van der Waals surface area contributed by atoms with Crippen LogP contribution in [0.25, 0.3) is 0 Å². The Balaban J connectivity index is 2.10. The zero-order chi connectivity index (χ0) is 27.5. The van der Waals surface area contributed by atoms with Crippen LogP contribution in [0.4, 0.5) is 0 Å². The van der Waals surface area contributed by atoms with Crippen molar-refractivity contribution in [2.45, 2.75) is 63.7 Å². The number of rotatable bonds is 15. The number of nitrogens with two attached hydrogens (primary N) is 2. The van der Waals surface area contributed by atoms with Gasteiger partial charge in [0.1, 0.15) is 18.1 Å². The van der Waals surface area contributed by atoms with Crippen LogP contribution in [0.1, 0.15) is 38.1 Å². The number of nitrogens with zero attached hydrogens (tertiary/aromatic N) is 2. The second-order valence-corrected chi connectivity index (χ2v) is 8.99. The van der Waals surface area contributed by atoms with Crippen molar-refractivity contribution in [1.82, 2.24) is 35.9 Å². The highest BCUT2D eigenvalue weighted by Gasteiger charge is 2.32. The Bertz CT molecular complexity index is 1050. The Morgan fingerprint density at radius 3 is 1.86 bits per heavy atom. The molecule has 4 unspecified atom stereocenters. The molecule has 0 fully saturated rings. The van der Waals surface area contributed by atoms with E-state index in [9.17, 15) is 29.1 Å². The van der Waals surface area contributed by atoms with E-state index in [-0.39, 0.29) is 25.2 Å². The molecule has 202 valence electrons. The van der Waals surface area contributed by atoms with E-state index >= 15 is 0 Å². The molecule has 0 aliphatic heterocycles. The minimum absolute atomic E-state index is 0.0332. The van der Waals surface area contributed by atoms with Gasteiger partial charge in [0.25, 0.3) is 0 Å². The summed E-state index contributed by atoms with van der Waals surface area (Å²) in [6.07, 6.45) is 5.39. The molecular weight excluding hydrogens is 486 g/mol. The van der Waals surface area contributed by atoms with Gasteiger partial charge < -0.3 is 42.5 Å². The number of amides is 4. The summed E-state index contributed by atoms with van der Waals surface area (Å²) in [5.41, 5.74) is 12.3. The van der Waals surface area contributed by atoms with Crippen molar-refractivity contribution in [3.05, 3.63) is 36.4 Å². The van der Waals surface area contributed by atoms with Gasteiger partial charge in [0.2, 0.25) is 23.6 Å². The smallest absolute Gasteiger partial charge is 0.326 e. The zero-order valence-electron chi connectivity index (χ0n) is 20.6. The third-order valence-corrected chi connectivity index (χ3v) is 5.30. The molecule has 0 spiro atoms. The predicted molar refractivity (Wildman–Crippen MR) is 129 cm³/mol. The number of carboxylic acid groups (broad SMARTS) is 1. The number of primary amides is 1. The summed E-state index contributed by atoms with van der Waals surface area (Å²) in [6, 6.07) is -4.90. The summed E-state index contributed by atoms with van der Waals surface area (Å²) in [7, 11) is 0. The topological polar surface area (TPSA) is 251 Å². The van der Waals surface area contributed by atoms with Gasteiger partial charge in [0, 0.05) is 36.6 Å². The van der Waals surface area contributed by atoms with E-state index < -0.39 is 60.2 Å². The van der Waals surface area contributed by atoms with Gasteiger partial charge in [-0.2, -0.15) is 0 Å². The molecule has 4 atom stereocenters. The third-order valence-electron chi connectivity index (χ3n) is 5.30. The molecule has 4 amide bonds. The summed E-state index contributed by atoms with van der Waals surface area (Å²) in [6.45, 7) is 3.66. The molecule has 37 heavy (non-hydrogen) atoms. The number of imidazole rings is 2. The second-order valence-electron chi connectivity index (χ2n) is 8.99. The zero-order valence-corrected chi connectivity index (χ0v) is 20.6. The summed E-state index contributed by atoms with van der Waals surface area (Å²) in [5.74, 6) is -4.54. The second kappa shape index (κ2) is 13.7. The first-order valence-corrected chi connectivity index (χ1v) is 11.6. The number of carboxylic acids is 1. The normalized spacial score (nSPS) is 14.3. The molecule has 2 rings (SSSR count). The van der Waals surface area contributed by atoms with Gasteiger partial charge in [-0.05, 0) is 12.3 Å². The van der Waals surface area contributed by atoms with Gasteiger partial charge in [-0.25, -0.2) is 14.8 Å². The highest BCUT2D eigenvalue weighted by Crippen LogP contribution is 2.08. The van der Waals surface area contributed by atoms with Crippen molar-refractivity contribution >= 4 is 29.6 Å². The van der Waals surface area contributed by atoms with E-state index in [0.29, 0.717) is 11.4 Å². The first-order chi connectivity index (χ1) is 17.5. The molecule has 0 saturated heterocycles. The minimum Gasteiger partial charge on any atom is -0.480 e. The van der Waals surface area contributed by atoms with Crippen LogP contribution in [0.15, 0.2) is 25.0 Å². The molecule has 0 aromatic carbocycles. The number of hydrogen-bond donors (Lipinski definition) is 8. The van der Waals surface area contributed by atoms with Crippen LogP contribution < -0.4 is 27.4 Å². The van der Waals surface area contributed by atoms with E-state index in [1.807, 2.05) is 13.8 Å². The highest BCUT2D eigenvalue weighted by molar-refractivity contribution is 5.96. The van der Waals surface area contributed by atoms with Gasteiger partial charge in [0.15, 0.2) is 0 Å². The number of carbonyl (C=O) groups excluding carboxylic acids is 4. The molecule has 2 aromatic rings. The van der Waals surface area contributed by atoms with Crippen molar-refractivity contribution in [1.29, 1.82) is 0 Å². The number of aliphatic carboxylic acids is 1. The van der Waals surface area contributed by atoms with Crippen molar-refractivity contribution in [3.63, 3.8) is 0 Å². The monoisotopic (exact) mass is 519 g/mol. The van der Waals surface area contributed by atoms with Gasteiger partial charge in [0.05, 0.1) is 25.1 Å². The Hall–Kier alpha value is -4.27. The highest BCUT2D eigenvalue weighted by atomic mass is 16.4. The van der Waals surface area contributed by atoms with Gasteiger partial charge >= 0.3 is 5.97 Å². The van der Waals surface area contributed by atoms with Crippen LogP contribution in [0.2, 0.25) is 0 Å².